The summed E-state index contributed by atoms with van der Waals surface area (Å²) in [5.41, 5.74) is 7.45. The average Bonchev–Trinajstić information content (AvgIpc) is 3.46. The minimum Gasteiger partial charge on any atom is -0.368 e. The molecule has 0 bridgehead atoms. The fraction of sp³-hybridized carbons (Fsp3) is 0.423. The van der Waals surface area contributed by atoms with E-state index in [0.717, 1.165) is 58.2 Å². The number of pyridine rings is 1. The Morgan fingerprint density at radius 1 is 1.24 bits per heavy atom. The molecule has 2 aliphatic heterocycles. The monoisotopic (exact) mass is 446 g/mol. The first kappa shape index (κ1) is 21.6. The fourth-order valence-corrected chi connectivity index (χ4v) is 5.07. The fourth-order valence-electron chi connectivity index (χ4n) is 5.07. The number of aromatic nitrogens is 2. The largest absolute Gasteiger partial charge is 0.368 e. The number of rotatable bonds is 5. The minimum atomic E-state index is -0.334. The molecule has 2 amide bonds. The molecular weight excluding hydrogens is 416 g/mol. The van der Waals surface area contributed by atoms with Crippen LogP contribution in [0.5, 0.6) is 0 Å². The molecule has 2 aromatic heterocycles. The number of aryl methyl sites for hydroxylation is 2. The highest BCUT2D eigenvalue weighted by atomic mass is 16.5. The summed E-state index contributed by atoms with van der Waals surface area (Å²) in [7, 11) is 0. The number of hydrogen-bond acceptors (Lipinski definition) is 4. The standard InChI is InChI=1S/C26H30N4O3/c1-16-22(14-28-26(32)24-8-5-11-33-24)19-9-10-30(15-18(19)13-27-16)25(31)12-21-17(2)29-23-7-4-3-6-20(21)23/h3-4,6-7,13,24,29H,5,8-12,14-15H2,1-2H3,(H,28,32). The van der Waals surface area contributed by atoms with Crippen LogP contribution in [0.1, 0.15) is 46.5 Å². The molecule has 172 valence electrons. The lowest BCUT2D eigenvalue weighted by Gasteiger charge is -2.31. The Labute approximate surface area is 193 Å². The molecule has 4 heterocycles. The van der Waals surface area contributed by atoms with Crippen LogP contribution in [0.2, 0.25) is 0 Å². The second kappa shape index (κ2) is 8.98. The first-order valence-corrected chi connectivity index (χ1v) is 11.7. The van der Waals surface area contributed by atoms with Crippen molar-refractivity contribution < 1.29 is 14.3 Å². The van der Waals surface area contributed by atoms with Gasteiger partial charge in [-0.2, -0.15) is 0 Å². The van der Waals surface area contributed by atoms with Gasteiger partial charge in [-0.25, -0.2) is 0 Å². The van der Waals surface area contributed by atoms with Gasteiger partial charge in [-0.05, 0) is 61.4 Å². The average molecular weight is 447 g/mol. The smallest absolute Gasteiger partial charge is 0.249 e. The van der Waals surface area contributed by atoms with Gasteiger partial charge < -0.3 is 19.9 Å². The predicted octanol–water partition coefficient (Wildman–Crippen LogP) is 3.10. The molecule has 3 aromatic rings. The number of H-pyrrole nitrogens is 1. The van der Waals surface area contributed by atoms with Crippen molar-refractivity contribution in [3.05, 3.63) is 64.1 Å². The van der Waals surface area contributed by atoms with Crippen LogP contribution in [0.3, 0.4) is 0 Å². The Morgan fingerprint density at radius 2 is 2.09 bits per heavy atom. The minimum absolute atomic E-state index is 0.0498. The van der Waals surface area contributed by atoms with E-state index < -0.39 is 0 Å². The third-order valence-corrected chi connectivity index (χ3v) is 6.96. The summed E-state index contributed by atoms with van der Waals surface area (Å²) in [5.74, 6) is 0.0773. The van der Waals surface area contributed by atoms with Crippen LogP contribution in [-0.2, 0) is 40.3 Å². The van der Waals surface area contributed by atoms with E-state index in [-0.39, 0.29) is 17.9 Å². The van der Waals surface area contributed by atoms with Crippen molar-refractivity contribution in [1.29, 1.82) is 0 Å². The van der Waals surface area contributed by atoms with Crippen LogP contribution in [0.15, 0.2) is 30.5 Å². The van der Waals surface area contributed by atoms with Gasteiger partial charge in [0.15, 0.2) is 0 Å². The van der Waals surface area contributed by atoms with Crippen LogP contribution < -0.4 is 5.32 Å². The number of nitrogens with one attached hydrogen (secondary N) is 2. The summed E-state index contributed by atoms with van der Waals surface area (Å²) in [5, 5.41) is 4.14. The molecule has 1 saturated heterocycles. The number of carbonyl (C=O) groups is 2. The van der Waals surface area contributed by atoms with Crippen molar-refractivity contribution in [1.82, 2.24) is 20.2 Å². The maximum atomic E-state index is 13.2. The van der Waals surface area contributed by atoms with Crippen molar-refractivity contribution in [3.8, 4) is 0 Å². The van der Waals surface area contributed by atoms with Gasteiger partial charge in [-0.1, -0.05) is 18.2 Å². The number of hydrogen-bond donors (Lipinski definition) is 2. The van der Waals surface area contributed by atoms with Crippen LogP contribution in [-0.4, -0.2) is 45.9 Å². The quantitative estimate of drug-likeness (QED) is 0.631. The van der Waals surface area contributed by atoms with Gasteiger partial charge in [-0.3, -0.25) is 14.6 Å². The van der Waals surface area contributed by atoms with E-state index in [1.165, 1.54) is 5.56 Å². The van der Waals surface area contributed by atoms with Crippen LogP contribution >= 0.6 is 0 Å². The van der Waals surface area contributed by atoms with Crippen molar-refractivity contribution >= 4 is 22.7 Å². The van der Waals surface area contributed by atoms with E-state index in [0.29, 0.717) is 32.7 Å². The van der Waals surface area contributed by atoms with Crippen molar-refractivity contribution in [2.75, 3.05) is 13.2 Å². The number of carbonyl (C=O) groups excluding carboxylic acids is 2. The Morgan fingerprint density at radius 3 is 2.91 bits per heavy atom. The van der Waals surface area contributed by atoms with E-state index in [4.69, 9.17) is 4.74 Å². The van der Waals surface area contributed by atoms with Gasteiger partial charge in [0.2, 0.25) is 11.8 Å². The van der Waals surface area contributed by atoms with E-state index >= 15 is 0 Å². The summed E-state index contributed by atoms with van der Waals surface area (Å²) in [6.07, 6.45) is 4.41. The van der Waals surface area contributed by atoms with Gasteiger partial charge in [0.25, 0.3) is 0 Å². The van der Waals surface area contributed by atoms with E-state index in [2.05, 4.69) is 21.4 Å². The molecule has 0 aliphatic carbocycles. The first-order chi connectivity index (χ1) is 16.0. The summed E-state index contributed by atoms with van der Waals surface area (Å²) in [6, 6.07) is 8.12. The molecule has 1 atom stereocenters. The lowest BCUT2D eigenvalue weighted by atomic mass is 9.94. The van der Waals surface area contributed by atoms with E-state index in [1.54, 1.807) is 0 Å². The Kier molecular flexibility index (Phi) is 5.89. The number of aromatic amines is 1. The molecule has 1 unspecified atom stereocenters. The molecule has 7 heteroatoms. The molecule has 2 aliphatic rings. The van der Waals surface area contributed by atoms with Crippen LogP contribution in [0, 0.1) is 13.8 Å². The van der Waals surface area contributed by atoms with Crippen molar-refractivity contribution in [3.63, 3.8) is 0 Å². The Bertz CT molecular complexity index is 1210. The maximum absolute atomic E-state index is 13.2. The summed E-state index contributed by atoms with van der Waals surface area (Å²) < 4.78 is 5.49. The zero-order chi connectivity index (χ0) is 22.9. The molecule has 0 saturated carbocycles. The normalized spacial score (nSPS) is 17.9. The number of fused-ring (bicyclic) bond motifs is 2. The van der Waals surface area contributed by atoms with Gasteiger partial charge in [-0.15, -0.1) is 0 Å². The van der Waals surface area contributed by atoms with Gasteiger partial charge in [0.05, 0.1) is 6.42 Å². The highest BCUT2D eigenvalue weighted by molar-refractivity contribution is 5.90. The number of ether oxygens (including phenoxy) is 1. The van der Waals surface area contributed by atoms with Crippen LogP contribution in [0.4, 0.5) is 0 Å². The topological polar surface area (TPSA) is 87.3 Å². The maximum Gasteiger partial charge on any atom is 0.249 e. The lowest BCUT2D eigenvalue weighted by Crippen LogP contribution is -2.38. The van der Waals surface area contributed by atoms with E-state index in [9.17, 15) is 9.59 Å². The Hall–Kier alpha value is -3.19. The second-order valence-corrected chi connectivity index (χ2v) is 9.06. The third-order valence-electron chi connectivity index (χ3n) is 6.96. The summed E-state index contributed by atoms with van der Waals surface area (Å²) in [6.45, 7) is 6.33. The Balaban J connectivity index is 1.29. The third kappa shape index (κ3) is 4.25. The lowest BCUT2D eigenvalue weighted by molar-refractivity contribution is -0.131. The first-order valence-electron chi connectivity index (χ1n) is 11.7. The molecule has 0 spiro atoms. The van der Waals surface area contributed by atoms with E-state index in [1.807, 2.05) is 43.1 Å². The van der Waals surface area contributed by atoms with Gasteiger partial charge in [0, 0.05) is 54.7 Å². The second-order valence-electron chi connectivity index (χ2n) is 9.06. The molecule has 33 heavy (non-hydrogen) atoms. The molecule has 1 fully saturated rings. The molecule has 1 aromatic carbocycles. The van der Waals surface area contributed by atoms with Crippen molar-refractivity contribution in [2.45, 2.75) is 58.7 Å². The SMILES string of the molecule is Cc1ncc2c(c1CNC(=O)C1CCCO1)CCN(C(=O)Cc1c(C)[nH]c3ccccc13)C2. The summed E-state index contributed by atoms with van der Waals surface area (Å²) >= 11 is 0. The highest BCUT2D eigenvalue weighted by Gasteiger charge is 2.27. The number of para-hydroxylation sites is 1. The number of benzene rings is 1. The number of nitrogens with zero attached hydrogens (tertiary/aromatic N) is 2. The molecule has 0 radical (unpaired) electrons. The highest BCUT2D eigenvalue weighted by Crippen LogP contribution is 2.27. The number of amides is 2. The summed E-state index contributed by atoms with van der Waals surface area (Å²) in [4.78, 5) is 35.5. The molecular formula is C26H30N4O3. The molecule has 2 N–H and O–H groups in total. The van der Waals surface area contributed by atoms with Crippen molar-refractivity contribution in [2.24, 2.45) is 0 Å². The predicted molar refractivity (Wildman–Crippen MR) is 126 cm³/mol. The van der Waals surface area contributed by atoms with Gasteiger partial charge >= 0.3 is 0 Å². The molecule has 7 nitrogen and oxygen atoms in total. The zero-order valence-electron chi connectivity index (χ0n) is 19.2. The van der Waals surface area contributed by atoms with Crippen LogP contribution in [0.25, 0.3) is 10.9 Å². The molecule has 5 rings (SSSR count). The zero-order valence-corrected chi connectivity index (χ0v) is 19.2. The van der Waals surface area contributed by atoms with Gasteiger partial charge in [0.1, 0.15) is 6.10 Å².